The molecule has 1 fully saturated rings. The second-order valence-corrected chi connectivity index (χ2v) is 4.60. The summed E-state index contributed by atoms with van der Waals surface area (Å²) in [5, 5.41) is 3.21. The van der Waals surface area contributed by atoms with Crippen LogP contribution in [0.1, 0.15) is 13.3 Å². The molecular formula is C13H20N2O2. The van der Waals surface area contributed by atoms with Crippen molar-refractivity contribution in [1.29, 1.82) is 0 Å². The minimum absolute atomic E-state index is 0.186. The van der Waals surface area contributed by atoms with E-state index in [2.05, 4.69) is 24.4 Å². The molecule has 2 rings (SSSR count). The van der Waals surface area contributed by atoms with E-state index in [1.165, 1.54) is 5.57 Å². The van der Waals surface area contributed by atoms with Crippen molar-refractivity contribution in [3.63, 3.8) is 0 Å². The summed E-state index contributed by atoms with van der Waals surface area (Å²) >= 11 is 0. The Hall–Kier alpha value is -1.29. The van der Waals surface area contributed by atoms with Gasteiger partial charge < -0.3 is 15.0 Å². The van der Waals surface area contributed by atoms with Crippen LogP contribution >= 0.6 is 0 Å². The van der Waals surface area contributed by atoms with E-state index in [1.807, 2.05) is 6.08 Å². The van der Waals surface area contributed by atoms with Gasteiger partial charge in [-0.3, -0.25) is 0 Å². The van der Waals surface area contributed by atoms with Crippen LogP contribution in [0.3, 0.4) is 0 Å². The first-order valence-corrected chi connectivity index (χ1v) is 6.25. The van der Waals surface area contributed by atoms with Gasteiger partial charge in [0.05, 0.1) is 0 Å². The Morgan fingerprint density at radius 3 is 3.00 bits per heavy atom. The van der Waals surface area contributed by atoms with Gasteiger partial charge in [0.2, 0.25) is 0 Å². The summed E-state index contributed by atoms with van der Waals surface area (Å²) in [5.74, 6) is 0.482. The number of piperazine rings is 1. The molecule has 1 aliphatic carbocycles. The molecule has 2 aliphatic rings. The van der Waals surface area contributed by atoms with Gasteiger partial charge in [0.1, 0.15) is 6.61 Å². The summed E-state index contributed by atoms with van der Waals surface area (Å²) in [5.41, 5.74) is 1.20. The smallest absolute Gasteiger partial charge is 0.410 e. The molecule has 1 N–H and O–H groups in total. The Morgan fingerprint density at radius 2 is 2.29 bits per heavy atom. The molecule has 1 heterocycles. The van der Waals surface area contributed by atoms with Crippen LogP contribution < -0.4 is 5.32 Å². The molecule has 0 bridgehead atoms. The van der Waals surface area contributed by atoms with Crippen LogP contribution in [-0.2, 0) is 4.74 Å². The van der Waals surface area contributed by atoms with Crippen molar-refractivity contribution in [3.8, 4) is 0 Å². The van der Waals surface area contributed by atoms with Gasteiger partial charge in [0.15, 0.2) is 0 Å². The van der Waals surface area contributed by atoms with Crippen LogP contribution in [0.25, 0.3) is 0 Å². The third-order valence-corrected chi connectivity index (χ3v) is 3.31. The molecule has 0 spiro atoms. The molecule has 0 radical (unpaired) electrons. The summed E-state index contributed by atoms with van der Waals surface area (Å²) in [4.78, 5) is 13.5. The Bertz CT molecular complexity index is 330. The SMILES string of the molecule is CC1CC=CC=C1COC(=O)N1CCNCC1. The fourth-order valence-electron chi connectivity index (χ4n) is 2.06. The van der Waals surface area contributed by atoms with E-state index in [1.54, 1.807) is 4.90 Å². The Kier molecular flexibility index (Phi) is 4.20. The maximum atomic E-state index is 11.8. The number of hydrogen-bond donors (Lipinski definition) is 1. The Balaban J connectivity index is 1.79. The maximum absolute atomic E-state index is 11.8. The molecule has 17 heavy (non-hydrogen) atoms. The van der Waals surface area contributed by atoms with Crippen LogP contribution in [0, 0.1) is 5.92 Å². The molecule has 1 atom stereocenters. The molecule has 1 aliphatic heterocycles. The fraction of sp³-hybridized carbons (Fsp3) is 0.615. The number of amides is 1. The van der Waals surface area contributed by atoms with E-state index in [-0.39, 0.29) is 6.09 Å². The van der Waals surface area contributed by atoms with Gasteiger partial charge in [-0.2, -0.15) is 0 Å². The van der Waals surface area contributed by atoms with Gasteiger partial charge >= 0.3 is 6.09 Å². The monoisotopic (exact) mass is 236 g/mol. The molecule has 0 saturated carbocycles. The van der Waals surface area contributed by atoms with Crippen molar-refractivity contribution in [2.24, 2.45) is 5.92 Å². The third kappa shape index (κ3) is 3.33. The van der Waals surface area contributed by atoms with Gasteiger partial charge in [0, 0.05) is 26.2 Å². The van der Waals surface area contributed by atoms with E-state index < -0.39 is 0 Å². The molecular weight excluding hydrogens is 216 g/mol. The highest BCUT2D eigenvalue weighted by atomic mass is 16.6. The molecule has 1 saturated heterocycles. The van der Waals surface area contributed by atoms with E-state index in [4.69, 9.17) is 4.74 Å². The second-order valence-electron chi connectivity index (χ2n) is 4.60. The number of rotatable bonds is 2. The summed E-state index contributed by atoms with van der Waals surface area (Å²) in [6.45, 7) is 5.79. The molecule has 0 aromatic carbocycles. The Morgan fingerprint density at radius 1 is 1.53 bits per heavy atom. The van der Waals surface area contributed by atoms with E-state index in [0.717, 1.165) is 32.6 Å². The zero-order valence-corrected chi connectivity index (χ0v) is 10.3. The van der Waals surface area contributed by atoms with Crippen molar-refractivity contribution in [1.82, 2.24) is 10.2 Å². The predicted octanol–water partition coefficient (Wildman–Crippen LogP) is 1.55. The van der Waals surface area contributed by atoms with Crippen molar-refractivity contribution in [3.05, 3.63) is 23.8 Å². The molecule has 1 unspecified atom stereocenters. The lowest BCUT2D eigenvalue weighted by Gasteiger charge is -2.27. The summed E-state index contributed by atoms with van der Waals surface area (Å²) < 4.78 is 5.35. The highest BCUT2D eigenvalue weighted by molar-refractivity contribution is 5.68. The van der Waals surface area contributed by atoms with Crippen LogP contribution in [-0.4, -0.2) is 43.8 Å². The predicted molar refractivity (Wildman–Crippen MR) is 66.8 cm³/mol. The van der Waals surface area contributed by atoms with E-state index in [9.17, 15) is 4.79 Å². The average Bonchev–Trinajstić information content (AvgIpc) is 2.38. The number of nitrogens with one attached hydrogen (secondary N) is 1. The van der Waals surface area contributed by atoms with Gasteiger partial charge in [-0.25, -0.2) is 4.79 Å². The van der Waals surface area contributed by atoms with Crippen molar-refractivity contribution in [2.45, 2.75) is 13.3 Å². The number of carbonyl (C=O) groups is 1. The lowest BCUT2D eigenvalue weighted by molar-refractivity contribution is 0.103. The van der Waals surface area contributed by atoms with Crippen molar-refractivity contribution < 1.29 is 9.53 Å². The highest BCUT2D eigenvalue weighted by Crippen LogP contribution is 2.20. The van der Waals surface area contributed by atoms with Crippen LogP contribution in [0.15, 0.2) is 23.8 Å². The van der Waals surface area contributed by atoms with Gasteiger partial charge in [-0.15, -0.1) is 0 Å². The molecule has 1 amide bonds. The largest absolute Gasteiger partial charge is 0.445 e. The first-order chi connectivity index (χ1) is 8.27. The zero-order valence-electron chi connectivity index (χ0n) is 10.3. The molecule has 94 valence electrons. The number of allylic oxidation sites excluding steroid dienone is 3. The highest BCUT2D eigenvalue weighted by Gasteiger charge is 2.18. The standard InChI is InChI=1S/C13H20N2O2/c1-11-4-2-3-5-12(11)10-17-13(16)15-8-6-14-7-9-15/h2-3,5,11,14H,4,6-10H2,1H3. The first-order valence-electron chi connectivity index (χ1n) is 6.25. The lowest BCUT2D eigenvalue weighted by atomic mass is 9.94. The third-order valence-electron chi connectivity index (χ3n) is 3.31. The lowest BCUT2D eigenvalue weighted by Crippen LogP contribution is -2.46. The van der Waals surface area contributed by atoms with Crippen molar-refractivity contribution >= 4 is 6.09 Å². The number of nitrogens with zero attached hydrogens (tertiary/aromatic N) is 1. The number of carbonyl (C=O) groups excluding carboxylic acids is 1. The topological polar surface area (TPSA) is 41.6 Å². The minimum Gasteiger partial charge on any atom is -0.445 e. The maximum Gasteiger partial charge on any atom is 0.410 e. The van der Waals surface area contributed by atoms with E-state index in [0.29, 0.717) is 12.5 Å². The van der Waals surface area contributed by atoms with Gasteiger partial charge in [-0.1, -0.05) is 25.2 Å². The molecule has 0 aromatic heterocycles. The minimum atomic E-state index is -0.186. The van der Waals surface area contributed by atoms with Crippen LogP contribution in [0.2, 0.25) is 0 Å². The molecule has 4 heteroatoms. The summed E-state index contributed by atoms with van der Waals surface area (Å²) in [7, 11) is 0. The second kappa shape index (κ2) is 5.87. The fourth-order valence-corrected chi connectivity index (χ4v) is 2.06. The molecule has 4 nitrogen and oxygen atoms in total. The van der Waals surface area contributed by atoms with Gasteiger partial charge in [0.25, 0.3) is 0 Å². The van der Waals surface area contributed by atoms with Crippen LogP contribution in [0.4, 0.5) is 4.79 Å². The number of hydrogen-bond acceptors (Lipinski definition) is 3. The first kappa shape index (κ1) is 12.2. The van der Waals surface area contributed by atoms with Crippen LogP contribution in [0.5, 0.6) is 0 Å². The molecule has 0 aromatic rings. The Labute approximate surface area is 102 Å². The van der Waals surface area contributed by atoms with Gasteiger partial charge in [-0.05, 0) is 17.9 Å². The quantitative estimate of drug-likeness (QED) is 0.791. The summed E-state index contributed by atoms with van der Waals surface area (Å²) in [6.07, 6.45) is 7.09. The van der Waals surface area contributed by atoms with Crippen molar-refractivity contribution in [2.75, 3.05) is 32.8 Å². The zero-order chi connectivity index (χ0) is 12.1. The normalized spacial score (nSPS) is 24.4. The number of ether oxygens (including phenoxy) is 1. The average molecular weight is 236 g/mol. The summed E-state index contributed by atoms with van der Waals surface area (Å²) in [6, 6.07) is 0. The van der Waals surface area contributed by atoms with E-state index >= 15 is 0 Å².